The molecule has 1 aromatic carbocycles. The molecule has 1 unspecified atom stereocenters. The molecule has 9 heteroatoms. The van der Waals surface area contributed by atoms with E-state index in [-0.39, 0.29) is 18.9 Å². The number of hydrogen-bond donors (Lipinski definition) is 1. The summed E-state index contributed by atoms with van der Waals surface area (Å²) >= 11 is 1.53. The lowest BCUT2D eigenvalue weighted by molar-refractivity contribution is -0.133. The minimum atomic E-state index is -0.684. The highest BCUT2D eigenvalue weighted by atomic mass is 32.1. The number of carbonyl (C=O) groups excluding carboxylic acids is 1. The highest BCUT2D eigenvalue weighted by Crippen LogP contribution is 2.49. The number of aryl methyl sites for hydroxylation is 1. The van der Waals surface area contributed by atoms with Crippen LogP contribution >= 0.6 is 11.3 Å². The van der Waals surface area contributed by atoms with Gasteiger partial charge in [0.25, 0.3) is 0 Å². The molecule has 3 aromatic rings. The van der Waals surface area contributed by atoms with E-state index < -0.39 is 11.9 Å². The average Bonchev–Trinajstić information content (AvgIpc) is 3.54. The van der Waals surface area contributed by atoms with Crippen molar-refractivity contribution in [2.45, 2.75) is 51.7 Å². The molecule has 1 saturated heterocycles. The molecule has 4 heterocycles. The standard InChI is InChI=1S/C30H35FN4O3S/c1-19-15-32-30(33-16-19)34-8-4-20(5-9-34)25-12-21(25)6-10-38-23-3-2-22(26(31)14-23)13-29(37)35-17-27(36)24-7-11-39-28(24)18-35/h2-3,7,11,14-16,20-21,25,27,36H,4-6,8-10,12-13,17-18H2,1H3/t21-,25-,27?/m1/s1. The lowest BCUT2D eigenvalue weighted by Gasteiger charge is -2.32. The largest absolute Gasteiger partial charge is 0.493 e. The Morgan fingerprint density at radius 2 is 2.00 bits per heavy atom. The van der Waals surface area contributed by atoms with Crippen molar-refractivity contribution in [1.82, 2.24) is 14.9 Å². The van der Waals surface area contributed by atoms with Crippen LogP contribution in [0.15, 0.2) is 42.0 Å². The molecule has 1 N–H and O–H groups in total. The summed E-state index contributed by atoms with van der Waals surface area (Å²) in [6, 6.07) is 6.69. The van der Waals surface area contributed by atoms with Crippen LogP contribution in [0.2, 0.25) is 0 Å². The van der Waals surface area contributed by atoms with Crippen LogP contribution in [0.1, 0.15) is 53.4 Å². The maximum atomic E-state index is 14.8. The maximum absolute atomic E-state index is 14.8. The maximum Gasteiger partial charge on any atom is 0.227 e. The summed E-state index contributed by atoms with van der Waals surface area (Å²) in [6.45, 7) is 5.31. The minimum Gasteiger partial charge on any atom is -0.493 e. The molecule has 1 aliphatic carbocycles. The van der Waals surface area contributed by atoms with Crippen molar-refractivity contribution in [3.63, 3.8) is 0 Å². The molecule has 3 atom stereocenters. The van der Waals surface area contributed by atoms with Gasteiger partial charge in [-0.15, -0.1) is 11.3 Å². The van der Waals surface area contributed by atoms with Gasteiger partial charge < -0.3 is 19.6 Å². The summed E-state index contributed by atoms with van der Waals surface area (Å²) in [6.07, 6.45) is 7.63. The van der Waals surface area contributed by atoms with Crippen LogP contribution in [0, 0.1) is 30.5 Å². The molecule has 2 aromatic heterocycles. The Kier molecular flexibility index (Phi) is 7.53. The van der Waals surface area contributed by atoms with Gasteiger partial charge in [0.2, 0.25) is 11.9 Å². The van der Waals surface area contributed by atoms with Crippen molar-refractivity contribution in [2.75, 3.05) is 31.1 Å². The normalized spacial score (nSPS) is 23.0. The molecule has 0 spiro atoms. The summed E-state index contributed by atoms with van der Waals surface area (Å²) in [5.74, 6) is 2.93. The summed E-state index contributed by atoms with van der Waals surface area (Å²) in [4.78, 5) is 26.6. The zero-order valence-electron chi connectivity index (χ0n) is 22.3. The Hall–Kier alpha value is -3.04. The van der Waals surface area contributed by atoms with Crippen molar-refractivity contribution in [3.05, 3.63) is 69.4 Å². The molecular weight excluding hydrogens is 515 g/mol. The number of aliphatic hydroxyl groups excluding tert-OH is 1. The number of benzene rings is 1. The van der Waals surface area contributed by atoms with Crippen molar-refractivity contribution >= 4 is 23.2 Å². The molecular formula is C30H35FN4O3S. The van der Waals surface area contributed by atoms with E-state index in [9.17, 15) is 14.3 Å². The number of hydrogen-bond acceptors (Lipinski definition) is 7. The van der Waals surface area contributed by atoms with Crippen molar-refractivity contribution in [2.24, 2.45) is 17.8 Å². The van der Waals surface area contributed by atoms with Gasteiger partial charge in [0, 0.05) is 36.4 Å². The molecule has 2 fully saturated rings. The Labute approximate surface area is 232 Å². The van der Waals surface area contributed by atoms with Gasteiger partial charge in [-0.3, -0.25) is 4.79 Å². The lowest BCUT2D eigenvalue weighted by atomic mass is 9.90. The van der Waals surface area contributed by atoms with Crippen LogP contribution in [0.25, 0.3) is 0 Å². The van der Waals surface area contributed by atoms with E-state index in [4.69, 9.17) is 4.74 Å². The molecule has 1 saturated carbocycles. The van der Waals surface area contributed by atoms with Crippen LogP contribution in [0.5, 0.6) is 5.75 Å². The molecule has 7 nitrogen and oxygen atoms in total. The Balaban J connectivity index is 0.929. The van der Waals surface area contributed by atoms with E-state index in [0.717, 1.165) is 53.3 Å². The van der Waals surface area contributed by atoms with Gasteiger partial charge in [-0.05, 0) is 84.6 Å². The SMILES string of the molecule is Cc1cnc(N2CCC([C@H]3C[C@H]3CCOc3ccc(CC(=O)N4Cc5sccc5C(O)C4)c(F)c3)CC2)nc1. The van der Waals surface area contributed by atoms with Crippen LogP contribution < -0.4 is 9.64 Å². The van der Waals surface area contributed by atoms with E-state index in [0.29, 0.717) is 30.4 Å². The van der Waals surface area contributed by atoms with Gasteiger partial charge >= 0.3 is 0 Å². The number of nitrogens with zero attached hydrogens (tertiary/aromatic N) is 4. The second kappa shape index (κ2) is 11.2. The van der Waals surface area contributed by atoms with Gasteiger partial charge in [0.05, 0.1) is 32.2 Å². The Morgan fingerprint density at radius 1 is 1.21 bits per heavy atom. The summed E-state index contributed by atoms with van der Waals surface area (Å²) in [5, 5.41) is 12.2. The average molecular weight is 551 g/mol. The second-order valence-corrected chi connectivity index (χ2v) is 12.2. The zero-order chi connectivity index (χ0) is 26.9. The fourth-order valence-electron chi connectivity index (χ4n) is 6.13. The summed E-state index contributed by atoms with van der Waals surface area (Å²) in [5.41, 5.74) is 2.33. The van der Waals surface area contributed by atoms with Gasteiger partial charge in [-0.2, -0.15) is 0 Å². The summed E-state index contributed by atoms with van der Waals surface area (Å²) in [7, 11) is 0. The van der Waals surface area contributed by atoms with Gasteiger partial charge in [-0.25, -0.2) is 14.4 Å². The number of carbonyl (C=O) groups is 1. The number of rotatable bonds is 8. The highest BCUT2D eigenvalue weighted by molar-refractivity contribution is 7.10. The number of halogens is 1. The molecule has 1 amide bonds. The molecule has 3 aliphatic rings. The third-order valence-electron chi connectivity index (χ3n) is 8.52. The number of thiophene rings is 1. The van der Waals surface area contributed by atoms with Gasteiger partial charge in [0.1, 0.15) is 11.6 Å². The number of aromatic nitrogens is 2. The zero-order valence-corrected chi connectivity index (χ0v) is 23.1. The topological polar surface area (TPSA) is 78.8 Å². The third-order valence-corrected chi connectivity index (χ3v) is 9.44. The molecule has 2 aliphatic heterocycles. The van der Waals surface area contributed by atoms with E-state index >= 15 is 0 Å². The molecule has 39 heavy (non-hydrogen) atoms. The van der Waals surface area contributed by atoms with Gasteiger partial charge in [-0.1, -0.05) is 6.07 Å². The smallest absolute Gasteiger partial charge is 0.227 e. The van der Waals surface area contributed by atoms with E-state index in [1.807, 2.05) is 30.8 Å². The first-order valence-corrected chi connectivity index (χ1v) is 14.8. The van der Waals surface area contributed by atoms with Crippen LogP contribution in [0.3, 0.4) is 0 Å². The summed E-state index contributed by atoms with van der Waals surface area (Å²) < 4.78 is 20.7. The predicted molar refractivity (Wildman–Crippen MR) is 148 cm³/mol. The number of fused-ring (bicyclic) bond motifs is 1. The highest BCUT2D eigenvalue weighted by Gasteiger charge is 2.43. The van der Waals surface area contributed by atoms with E-state index in [2.05, 4.69) is 14.9 Å². The fraction of sp³-hybridized carbons (Fsp3) is 0.500. The van der Waals surface area contributed by atoms with Crippen LogP contribution in [-0.2, 0) is 17.8 Å². The lowest BCUT2D eigenvalue weighted by Crippen LogP contribution is -2.38. The van der Waals surface area contributed by atoms with Crippen LogP contribution in [-0.4, -0.2) is 52.1 Å². The monoisotopic (exact) mass is 550 g/mol. The second-order valence-electron chi connectivity index (χ2n) is 11.2. The van der Waals surface area contributed by atoms with Crippen molar-refractivity contribution in [3.8, 4) is 5.75 Å². The van der Waals surface area contributed by atoms with E-state index in [1.165, 1.54) is 36.7 Å². The molecule has 0 bridgehead atoms. The van der Waals surface area contributed by atoms with Crippen molar-refractivity contribution < 1.29 is 19.0 Å². The minimum absolute atomic E-state index is 0.0296. The van der Waals surface area contributed by atoms with Crippen molar-refractivity contribution in [1.29, 1.82) is 0 Å². The van der Waals surface area contributed by atoms with E-state index in [1.54, 1.807) is 17.0 Å². The number of ether oxygens (including phenoxy) is 1. The third kappa shape index (κ3) is 5.94. The fourth-order valence-corrected chi connectivity index (χ4v) is 7.08. The van der Waals surface area contributed by atoms with Gasteiger partial charge in [0.15, 0.2) is 0 Å². The number of amides is 1. The molecule has 6 rings (SSSR count). The number of β-amino-alcohol motifs (C(OH)–C–C–N with tert-alkyl or cyclic N) is 1. The predicted octanol–water partition coefficient (Wildman–Crippen LogP) is 4.93. The molecule has 0 radical (unpaired) electrons. The first kappa shape index (κ1) is 26.2. The Morgan fingerprint density at radius 3 is 2.77 bits per heavy atom. The van der Waals surface area contributed by atoms with Crippen LogP contribution in [0.4, 0.5) is 10.3 Å². The number of aliphatic hydroxyl groups is 1. The molecule has 206 valence electrons. The quantitative estimate of drug-likeness (QED) is 0.429. The number of anilines is 1. The first-order valence-electron chi connectivity index (χ1n) is 13.9. The Bertz CT molecular complexity index is 1310. The number of piperidine rings is 1. The first-order chi connectivity index (χ1) is 18.9.